The molecule has 0 saturated heterocycles. The summed E-state index contributed by atoms with van der Waals surface area (Å²) in [7, 11) is 1.93. The van der Waals surface area contributed by atoms with E-state index in [0.29, 0.717) is 0 Å². The normalized spacial score (nSPS) is 10.9. The third-order valence-corrected chi connectivity index (χ3v) is 3.63. The predicted octanol–water partition coefficient (Wildman–Crippen LogP) is 3.90. The van der Waals surface area contributed by atoms with Crippen LogP contribution in [0.15, 0.2) is 22.6 Å². The first kappa shape index (κ1) is 12.9. The summed E-state index contributed by atoms with van der Waals surface area (Å²) in [5.41, 5.74) is 6.50. The van der Waals surface area contributed by atoms with Crippen LogP contribution < -0.4 is 5.32 Å². The van der Waals surface area contributed by atoms with Crippen molar-refractivity contribution in [1.82, 2.24) is 5.32 Å². The largest absolute Gasteiger partial charge is 0.460 e. The molecule has 0 aliphatic carbocycles. The van der Waals surface area contributed by atoms with Crippen LogP contribution in [0, 0.1) is 27.7 Å². The minimum absolute atomic E-state index is 0.767. The van der Waals surface area contributed by atoms with Gasteiger partial charge in [0.25, 0.3) is 0 Å². The Labute approximate surface area is 109 Å². The summed E-state index contributed by atoms with van der Waals surface area (Å²) in [6.45, 7) is 9.41. The monoisotopic (exact) mass is 243 g/mol. The molecule has 0 fully saturated rings. The van der Waals surface area contributed by atoms with Gasteiger partial charge < -0.3 is 9.73 Å². The molecule has 2 nitrogen and oxygen atoms in total. The fourth-order valence-corrected chi connectivity index (χ4v) is 2.37. The number of furan rings is 1. The van der Waals surface area contributed by atoms with Gasteiger partial charge in [0.2, 0.25) is 0 Å². The average molecular weight is 243 g/mol. The zero-order valence-corrected chi connectivity index (χ0v) is 11.8. The third kappa shape index (κ3) is 2.21. The van der Waals surface area contributed by atoms with Crippen LogP contribution in [0.3, 0.4) is 0 Å². The van der Waals surface area contributed by atoms with E-state index in [1.165, 1.54) is 27.8 Å². The molecule has 0 bridgehead atoms. The standard InChI is InChI=1S/C16H21NO/c1-10-8-11(2)13(4)16(12(10)3)15-7-6-14(18-15)9-17-5/h6-8,17H,9H2,1-5H3. The lowest BCUT2D eigenvalue weighted by Crippen LogP contribution is -2.03. The van der Waals surface area contributed by atoms with Gasteiger partial charge in [-0.3, -0.25) is 0 Å². The number of aryl methyl sites for hydroxylation is 2. The zero-order chi connectivity index (χ0) is 13.3. The van der Waals surface area contributed by atoms with Crippen molar-refractivity contribution in [3.8, 4) is 11.3 Å². The van der Waals surface area contributed by atoms with Crippen molar-refractivity contribution in [2.75, 3.05) is 7.05 Å². The molecular formula is C16H21NO. The maximum atomic E-state index is 5.92. The molecule has 1 N–H and O–H groups in total. The number of nitrogens with one attached hydrogen (secondary N) is 1. The summed E-state index contributed by atoms with van der Waals surface area (Å²) in [4.78, 5) is 0. The molecule has 2 rings (SSSR count). The van der Waals surface area contributed by atoms with Crippen molar-refractivity contribution in [3.63, 3.8) is 0 Å². The SMILES string of the molecule is CNCc1ccc(-c2c(C)c(C)cc(C)c2C)o1. The fourth-order valence-electron chi connectivity index (χ4n) is 2.37. The van der Waals surface area contributed by atoms with Crippen molar-refractivity contribution < 1.29 is 4.42 Å². The van der Waals surface area contributed by atoms with Crippen LogP contribution in [-0.2, 0) is 6.54 Å². The molecule has 1 aromatic carbocycles. The number of hydrogen-bond acceptors (Lipinski definition) is 2. The van der Waals surface area contributed by atoms with E-state index in [2.05, 4.69) is 45.1 Å². The Hall–Kier alpha value is -1.54. The van der Waals surface area contributed by atoms with Gasteiger partial charge in [-0.05, 0) is 69.1 Å². The Bertz CT molecular complexity index is 540. The van der Waals surface area contributed by atoms with Crippen LogP contribution >= 0.6 is 0 Å². The third-order valence-electron chi connectivity index (χ3n) is 3.63. The second-order valence-electron chi connectivity index (χ2n) is 4.93. The molecule has 96 valence electrons. The van der Waals surface area contributed by atoms with Crippen LogP contribution in [0.25, 0.3) is 11.3 Å². The van der Waals surface area contributed by atoms with Gasteiger partial charge in [0.05, 0.1) is 6.54 Å². The van der Waals surface area contributed by atoms with E-state index in [4.69, 9.17) is 4.42 Å². The van der Waals surface area contributed by atoms with Gasteiger partial charge in [-0.25, -0.2) is 0 Å². The maximum Gasteiger partial charge on any atom is 0.134 e. The Morgan fingerprint density at radius 2 is 1.61 bits per heavy atom. The van der Waals surface area contributed by atoms with E-state index in [1.807, 2.05) is 13.1 Å². The molecule has 0 radical (unpaired) electrons. The van der Waals surface area contributed by atoms with Crippen LogP contribution in [0.5, 0.6) is 0 Å². The zero-order valence-electron chi connectivity index (χ0n) is 11.8. The Balaban J connectivity index is 2.55. The number of rotatable bonds is 3. The van der Waals surface area contributed by atoms with E-state index >= 15 is 0 Å². The summed E-state index contributed by atoms with van der Waals surface area (Å²) in [5.74, 6) is 1.95. The molecule has 0 spiro atoms. The Morgan fingerprint density at radius 3 is 2.17 bits per heavy atom. The molecule has 2 aromatic rings. The Kier molecular flexibility index (Phi) is 3.58. The topological polar surface area (TPSA) is 25.2 Å². The first-order valence-electron chi connectivity index (χ1n) is 6.35. The smallest absolute Gasteiger partial charge is 0.134 e. The molecule has 1 aromatic heterocycles. The van der Waals surface area contributed by atoms with Crippen LogP contribution in [0.2, 0.25) is 0 Å². The molecular weight excluding hydrogens is 222 g/mol. The molecule has 1 heterocycles. The van der Waals surface area contributed by atoms with Crippen molar-refractivity contribution in [2.45, 2.75) is 34.2 Å². The first-order valence-corrected chi connectivity index (χ1v) is 6.35. The molecule has 0 aliphatic heterocycles. The summed E-state index contributed by atoms with van der Waals surface area (Å²) < 4.78 is 5.92. The second-order valence-corrected chi connectivity index (χ2v) is 4.93. The molecule has 0 aliphatic rings. The average Bonchev–Trinajstić information content (AvgIpc) is 2.76. The quantitative estimate of drug-likeness (QED) is 0.884. The summed E-state index contributed by atoms with van der Waals surface area (Å²) in [5, 5.41) is 3.11. The molecule has 0 amide bonds. The molecule has 18 heavy (non-hydrogen) atoms. The minimum atomic E-state index is 0.767. The summed E-state index contributed by atoms with van der Waals surface area (Å²) in [6, 6.07) is 6.36. The van der Waals surface area contributed by atoms with Crippen molar-refractivity contribution >= 4 is 0 Å². The summed E-state index contributed by atoms with van der Waals surface area (Å²) >= 11 is 0. The van der Waals surface area contributed by atoms with Gasteiger partial charge in [0.15, 0.2) is 0 Å². The highest BCUT2D eigenvalue weighted by Gasteiger charge is 2.13. The lowest BCUT2D eigenvalue weighted by molar-refractivity contribution is 0.506. The van der Waals surface area contributed by atoms with Gasteiger partial charge in [-0.15, -0.1) is 0 Å². The lowest BCUT2D eigenvalue weighted by Gasteiger charge is -2.13. The van der Waals surface area contributed by atoms with E-state index in [1.54, 1.807) is 0 Å². The Morgan fingerprint density at radius 1 is 1.00 bits per heavy atom. The van der Waals surface area contributed by atoms with Gasteiger partial charge >= 0.3 is 0 Å². The first-order chi connectivity index (χ1) is 8.54. The van der Waals surface area contributed by atoms with E-state index in [0.717, 1.165) is 18.1 Å². The van der Waals surface area contributed by atoms with Crippen molar-refractivity contribution in [2.24, 2.45) is 0 Å². The highest BCUT2D eigenvalue weighted by Crippen LogP contribution is 2.32. The number of hydrogen-bond donors (Lipinski definition) is 1. The summed E-state index contributed by atoms with van der Waals surface area (Å²) in [6.07, 6.45) is 0. The molecule has 0 saturated carbocycles. The maximum absolute atomic E-state index is 5.92. The highest BCUT2D eigenvalue weighted by molar-refractivity contribution is 5.69. The van der Waals surface area contributed by atoms with Crippen LogP contribution in [0.1, 0.15) is 28.0 Å². The van der Waals surface area contributed by atoms with Gasteiger partial charge in [-0.2, -0.15) is 0 Å². The van der Waals surface area contributed by atoms with Gasteiger partial charge in [-0.1, -0.05) is 6.07 Å². The second kappa shape index (κ2) is 4.99. The predicted molar refractivity (Wildman–Crippen MR) is 75.9 cm³/mol. The van der Waals surface area contributed by atoms with Crippen molar-refractivity contribution in [1.29, 1.82) is 0 Å². The van der Waals surface area contributed by atoms with E-state index in [-0.39, 0.29) is 0 Å². The molecule has 0 unspecified atom stereocenters. The van der Waals surface area contributed by atoms with Gasteiger partial charge in [0, 0.05) is 5.56 Å². The highest BCUT2D eigenvalue weighted by atomic mass is 16.3. The van der Waals surface area contributed by atoms with Crippen molar-refractivity contribution in [3.05, 3.63) is 46.2 Å². The fraction of sp³-hybridized carbons (Fsp3) is 0.375. The lowest BCUT2D eigenvalue weighted by atomic mass is 9.93. The van der Waals surface area contributed by atoms with Gasteiger partial charge in [0.1, 0.15) is 11.5 Å². The molecule has 2 heteroatoms. The van der Waals surface area contributed by atoms with Crippen LogP contribution in [0.4, 0.5) is 0 Å². The van der Waals surface area contributed by atoms with E-state index in [9.17, 15) is 0 Å². The van der Waals surface area contributed by atoms with Crippen LogP contribution in [-0.4, -0.2) is 7.05 Å². The minimum Gasteiger partial charge on any atom is -0.460 e. The number of benzene rings is 1. The molecule has 0 atom stereocenters. The van der Waals surface area contributed by atoms with E-state index < -0.39 is 0 Å².